The molecule has 1 heterocycles. The molecule has 2 atom stereocenters. The third-order valence-electron chi connectivity index (χ3n) is 4.23. The molecule has 116 valence electrons. The summed E-state index contributed by atoms with van der Waals surface area (Å²) in [7, 11) is 3.33. The van der Waals surface area contributed by atoms with Crippen LogP contribution in [0.1, 0.15) is 39.5 Å². The summed E-state index contributed by atoms with van der Waals surface area (Å²) in [6.07, 6.45) is 3.42. The number of amides is 1. The number of hydrogen-bond donors (Lipinski definition) is 0. The zero-order valence-electron chi connectivity index (χ0n) is 13.2. The van der Waals surface area contributed by atoms with Crippen LogP contribution >= 0.6 is 0 Å². The van der Waals surface area contributed by atoms with Gasteiger partial charge >= 0.3 is 5.97 Å². The number of likely N-dealkylation sites (N-methyl/N-ethyl adjacent to an activating group) is 1. The van der Waals surface area contributed by atoms with E-state index in [1.807, 2.05) is 16.8 Å². The number of carbonyl (C=O) groups excluding carboxylic acids is 2. The molecule has 0 aliphatic carbocycles. The van der Waals surface area contributed by atoms with Crippen molar-refractivity contribution in [1.29, 1.82) is 0 Å². The maximum atomic E-state index is 12.1. The molecule has 20 heavy (non-hydrogen) atoms. The van der Waals surface area contributed by atoms with Crippen molar-refractivity contribution in [2.45, 2.75) is 45.6 Å². The van der Waals surface area contributed by atoms with E-state index in [1.54, 1.807) is 0 Å². The zero-order valence-corrected chi connectivity index (χ0v) is 13.2. The van der Waals surface area contributed by atoms with Crippen molar-refractivity contribution in [3.8, 4) is 0 Å². The largest absolute Gasteiger partial charge is 0.468 e. The van der Waals surface area contributed by atoms with Crippen molar-refractivity contribution in [2.24, 2.45) is 5.92 Å². The van der Waals surface area contributed by atoms with Crippen LogP contribution < -0.4 is 0 Å². The van der Waals surface area contributed by atoms with Gasteiger partial charge in [-0.2, -0.15) is 0 Å². The summed E-state index contributed by atoms with van der Waals surface area (Å²) in [5.41, 5.74) is 0. The second-order valence-corrected chi connectivity index (χ2v) is 5.83. The van der Waals surface area contributed by atoms with Crippen molar-refractivity contribution >= 4 is 11.9 Å². The molecule has 0 aromatic carbocycles. The molecule has 1 aliphatic rings. The van der Waals surface area contributed by atoms with Gasteiger partial charge in [0.1, 0.15) is 0 Å². The van der Waals surface area contributed by atoms with E-state index in [-0.39, 0.29) is 17.9 Å². The summed E-state index contributed by atoms with van der Waals surface area (Å²) < 4.78 is 4.69. The van der Waals surface area contributed by atoms with Gasteiger partial charge in [-0.1, -0.05) is 20.3 Å². The Bertz CT molecular complexity index is 333. The minimum absolute atomic E-state index is 0.223. The van der Waals surface area contributed by atoms with Crippen molar-refractivity contribution in [1.82, 2.24) is 9.80 Å². The molecule has 0 bridgehead atoms. The van der Waals surface area contributed by atoms with Crippen LogP contribution in [0.15, 0.2) is 0 Å². The van der Waals surface area contributed by atoms with Crippen LogP contribution in [0.3, 0.4) is 0 Å². The van der Waals surface area contributed by atoms with Gasteiger partial charge in [-0.15, -0.1) is 0 Å². The molecule has 0 aromatic rings. The van der Waals surface area contributed by atoms with Crippen LogP contribution in [-0.2, 0) is 14.3 Å². The first-order chi connectivity index (χ1) is 9.47. The highest BCUT2D eigenvalue weighted by Gasteiger charge is 2.26. The summed E-state index contributed by atoms with van der Waals surface area (Å²) in [5.74, 6) is 0.571. The van der Waals surface area contributed by atoms with E-state index in [9.17, 15) is 9.59 Å². The SMILES string of the molecule is CCC(C)CN1CCC(N(C)CC(=O)OC)CCC1=O. The average Bonchev–Trinajstić information content (AvgIpc) is 2.61. The number of likely N-dealkylation sites (tertiary alicyclic amines) is 1. The van der Waals surface area contributed by atoms with Crippen LogP contribution in [-0.4, -0.2) is 61.5 Å². The molecule has 5 heteroatoms. The second kappa shape index (κ2) is 8.25. The van der Waals surface area contributed by atoms with Gasteiger partial charge in [0.05, 0.1) is 13.7 Å². The standard InChI is InChI=1S/C15H28N2O3/c1-5-12(2)10-17-9-8-13(6-7-14(17)18)16(3)11-15(19)20-4/h12-13H,5-11H2,1-4H3. The third kappa shape index (κ3) is 5.12. The van der Waals surface area contributed by atoms with E-state index >= 15 is 0 Å². The highest BCUT2D eigenvalue weighted by atomic mass is 16.5. The summed E-state index contributed by atoms with van der Waals surface area (Å²) >= 11 is 0. The van der Waals surface area contributed by atoms with Crippen LogP contribution in [0.25, 0.3) is 0 Å². The molecule has 1 fully saturated rings. The molecule has 0 saturated carbocycles. The molecule has 1 rings (SSSR count). The van der Waals surface area contributed by atoms with E-state index in [4.69, 9.17) is 4.74 Å². The summed E-state index contributed by atoms with van der Waals surface area (Å²) in [4.78, 5) is 27.4. The van der Waals surface area contributed by atoms with Gasteiger partial charge in [0.25, 0.3) is 0 Å². The van der Waals surface area contributed by atoms with Crippen molar-refractivity contribution in [3.63, 3.8) is 0 Å². The molecule has 0 radical (unpaired) electrons. The molecule has 5 nitrogen and oxygen atoms in total. The van der Waals surface area contributed by atoms with E-state index < -0.39 is 0 Å². The number of rotatable bonds is 6. The van der Waals surface area contributed by atoms with Crippen LogP contribution in [0.2, 0.25) is 0 Å². The molecular weight excluding hydrogens is 256 g/mol. The summed E-state index contributed by atoms with van der Waals surface area (Å²) in [5, 5.41) is 0. The quantitative estimate of drug-likeness (QED) is 0.694. The molecule has 1 saturated heterocycles. The maximum Gasteiger partial charge on any atom is 0.319 e. The molecular formula is C15H28N2O3. The van der Waals surface area contributed by atoms with Gasteiger partial charge in [0.15, 0.2) is 0 Å². The number of hydrogen-bond acceptors (Lipinski definition) is 4. The van der Waals surface area contributed by atoms with Gasteiger partial charge < -0.3 is 9.64 Å². The van der Waals surface area contributed by atoms with Gasteiger partial charge in [-0.3, -0.25) is 14.5 Å². The van der Waals surface area contributed by atoms with Crippen LogP contribution in [0.4, 0.5) is 0 Å². The minimum atomic E-state index is -0.223. The fourth-order valence-corrected chi connectivity index (χ4v) is 2.56. The lowest BCUT2D eigenvalue weighted by Gasteiger charge is -2.26. The van der Waals surface area contributed by atoms with Crippen molar-refractivity contribution in [2.75, 3.05) is 33.8 Å². The Morgan fingerprint density at radius 2 is 2.20 bits per heavy atom. The Labute approximate surface area is 122 Å². The molecule has 1 aliphatic heterocycles. The van der Waals surface area contributed by atoms with E-state index in [2.05, 4.69) is 13.8 Å². The topological polar surface area (TPSA) is 49.9 Å². The molecule has 1 amide bonds. The number of carbonyl (C=O) groups is 2. The second-order valence-electron chi connectivity index (χ2n) is 5.83. The highest BCUT2D eigenvalue weighted by Crippen LogP contribution is 2.18. The maximum absolute atomic E-state index is 12.1. The van der Waals surface area contributed by atoms with Crippen LogP contribution in [0.5, 0.6) is 0 Å². The number of methoxy groups -OCH3 is 1. The minimum Gasteiger partial charge on any atom is -0.468 e. The van der Waals surface area contributed by atoms with E-state index in [0.717, 1.165) is 32.4 Å². The summed E-state index contributed by atoms with van der Waals surface area (Å²) in [6, 6.07) is 0.278. The van der Waals surface area contributed by atoms with Gasteiger partial charge in [0, 0.05) is 25.6 Å². The highest BCUT2D eigenvalue weighted by molar-refractivity contribution is 5.76. The van der Waals surface area contributed by atoms with Gasteiger partial charge in [-0.25, -0.2) is 0 Å². The average molecular weight is 284 g/mol. The lowest BCUT2D eigenvalue weighted by atomic mass is 10.1. The number of esters is 1. The Morgan fingerprint density at radius 1 is 1.50 bits per heavy atom. The monoisotopic (exact) mass is 284 g/mol. The Morgan fingerprint density at radius 3 is 2.80 bits per heavy atom. The predicted molar refractivity (Wildman–Crippen MR) is 78.3 cm³/mol. The van der Waals surface area contributed by atoms with E-state index in [1.165, 1.54) is 7.11 Å². The number of ether oxygens (including phenoxy) is 1. The Hall–Kier alpha value is -1.10. The first-order valence-electron chi connectivity index (χ1n) is 7.52. The van der Waals surface area contributed by atoms with E-state index in [0.29, 0.717) is 18.9 Å². The number of nitrogens with zero attached hydrogens (tertiary/aromatic N) is 2. The molecule has 0 N–H and O–H groups in total. The predicted octanol–water partition coefficient (Wildman–Crippen LogP) is 1.52. The molecule has 2 unspecified atom stereocenters. The van der Waals surface area contributed by atoms with Gasteiger partial charge in [0.2, 0.25) is 5.91 Å². The lowest BCUT2D eigenvalue weighted by molar-refractivity contribution is -0.142. The van der Waals surface area contributed by atoms with Crippen molar-refractivity contribution < 1.29 is 14.3 Å². The Balaban J connectivity index is 2.52. The fourth-order valence-electron chi connectivity index (χ4n) is 2.56. The normalized spacial score (nSPS) is 21.8. The first-order valence-corrected chi connectivity index (χ1v) is 7.52. The fraction of sp³-hybridized carbons (Fsp3) is 0.867. The van der Waals surface area contributed by atoms with Crippen molar-refractivity contribution in [3.05, 3.63) is 0 Å². The van der Waals surface area contributed by atoms with Crippen LogP contribution in [0, 0.1) is 5.92 Å². The lowest BCUT2D eigenvalue weighted by Crippen LogP contribution is -2.37. The van der Waals surface area contributed by atoms with Gasteiger partial charge in [-0.05, 0) is 25.8 Å². The smallest absolute Gasteiger partial charge is 0.319 e. The third-order valence-corrected chi connectivity index (χ3v) is 4.23. The Kier molecular flexibility index (Phi) is 6.99. The molecule has 0 spiro atoms. The zero-order chi connectivity index (χ0) is 15.1. The molecule has 0 aromatic heterocycles. The first kappa shape index (κ1) is 17.0. The summed E-state index contributed by atoms with van der Waals surface area (Å²) in [6.45, 7) is 6.27.